The summed E-state index contributed by atoms with van der Waals surface area (Å²) >= 11 is 1.24. The molecule has 0 bridgehead atoms. The maximum atomic E-state index is 12.7. The van der Waals surface area contributed by atoms with Crippen LogP contribution in [0.2, 0.25) is 0 Å². The minimum Gasteiger partial charge on any atom is -0.462 e. The molecule has 0 spiro atoms. The fourth-order valence-electron chi connectivity index (χ4n) is 2.83. The first-order valence-electron chi connectivity index (χ1n) is 8.27. The number of ether oxygens (including phenoxy) is 1. The number of amides is 1. The van der Waals surface area contributed by atoms with Crippen molar-refractivity contribution in [2.75, 3.05) is 11.9 Å². The Kier molecular flexibility index (Phi) is 5.03. The van der Waals surface area contributed by atoms with E-state index in [1.165, 1.54) is 17.4 Å². The second kappa shape index (κ2) is 7.25. The van der Waals surface area contributed by atoms with Gasteiger partial charge >= 0.3 is 5.97 Å². The van der Waals surface area contributed by atoms with Crippen molar-refractivity contribution in [1.29, 1.82) is 0 Å². The average Bonchev–Trinajstić information content (AvgIpc) is 3.35. The predicted octanol–water partition coefficient (Wildman–Crippen LogP) is 4.27. The zero-order valence-electron chi connectivity index (χ0n) is 14.4. The highest BCUT2D eigenvalue weighted by Crippen LogP contribution is 2.46. The summed E-state index contributed by atoms with van der Waals surface area (Å²) in [6.07, 6.45) is 2.00. The zero-order valence-corrected chi connectivity index (χ0v) is 15.2. The number of nitro groups is 1. The summed E-state index contributed by atoms with van der Waals surface area (Å²) < 4.78 is 5.12. The molecule has 1 aromatic heterocycles. The third-order valence-electron chi connectivity index (χ3n) is 4.21. The number of aryl methyl sites for hydroxylation is 1. The first-order valence-corrected chi connectivity index (χ1v) is 9.15. The molecule has 8 heteroatoms. The predicted molar refractivity (Wildman–Crippen MR) is 98.0 cm³/mol. The number of rotatable bonds is 6. The highest BCUT2D eigenvalue weighted by molar-refractivity contribution is 7.15. The Morgan fingerprint density at radius 1 is 1.38 bits per heavy atom. The van der Waals surface area contributed by atoms with Gasteiger partial charge in [-0.05, 0) is 49.6 Å². The Hall–Kier alpha value is -2.74. The highest BCUT2D eigenvalue weighted by atomic mass is 32.1. The van der Waals surface area contributed by atoms with Crippen LogP contribution < -0.4 is 5.32 Å². The van der Waals surface area contributed by atoms with Gasteiger partial charge in [-0.1, -0.05) is 12.1 Å². The summed E-state index contributed by atoms with van der Waals surface area (Å²) in [5.74, 6) is -0.788. The van der Waals surface area contributed by atoms with E-state index in [1.54, 1.807) is 26.0 Å². The lowest BCUT2D eigenvalue weighted by atomic mass is 10.1. The molecule has 1 aliphatic rings. The molecule has 3 rings (SSSR count). The average molecular weight is 374 g/mol. The number of benzene rings is 1. The van der Waals surface area contributed by atoms with Crippen LogP contribution in [-0.2, 0) is 4.74 Å². The van der Waals surface area contributed by atoms with Crippen LogP contribution in [0.5, 0.6) is 0 Å². The number of carbonyl (C=O) groups excluding carboxylic acids is 2. The maximum absolute atomic E-state index is 12.7. The number of thiophene rings is 1. The van der Waals surface area contributed by atoms with Crippen LogP contribution in [0, 0.1) is 17.0 Å². The molecule has 1 amide bonds. The van der Waals surface area contributed by atoms with Gasteiger partial charge in [0, 0.05) is 5.56 Å². The van der Waals surface area contributed by atoms with Crippen LogP contribution in [0.3, 0.4) is 0 Å². The van der Waals surface area contributed by atoms with Gasteiger partial charge in [0.1, 0.15) is 10.6 Å². The number of carbonyl (C=O) groups is 2. The number of nitrogens with zero attached hydrogens (tertiary/aromatic N) is 1. The third kappa shape index (κ3) is 3.45. The normalized spacial score (nSPS) is 13.3. The van der Waals surface area contributed by atoms with Gasteiger partial charge in [-0.3, -0.25) is 14.9 Å². The molecular weight excluding hydrogens is 356 g/mol. The molecule has 1 aliphatic carbocycles. The molecule has 1 fully saturated rings. The zero-order chi connectivity index (χ0) is 18.8. The summed E-state index contributed by atoms with van der Waals surface area (Å²) in [6, 6.07) is 4.57. The molecule has 0 unspecified atom stereocenters. The molecule has 2 aromatic rings. The van der Waals surface area contributed by atoms with E-state index in [9.17, 15) is 19.7 Å². The molecule has 1 saturated carbocycles. The molecule has 0 radical (unpaired) electrons. The number of hydrogen-bond donors (Lipinski definition) is 1. The fourth-order valence-corrected chi connectivity index (χ4v) is 3.85. The topological polar surface area (TPSA) is 98.5 Å². The molecule has 0 saturated heterocycles. The van der Waals surface area contributed by atoms with E-state index >= 15 is 0 Å². The number of nitrogens with one attached hydrogen (secondary N) is 1. The van der Waals surface area contributed by atoms with Crippen LogP contribution in [0.4, 0.5) is 10.7 Å². The lowest BCUT2D eigenvalue weighted by Crippen LogP contribution is -2.16. The number of hydrogen-bond acceptors (Lipinski definition) is 6. The van der Waals surface area contributed by atoms with E-state index in [1.807, 2.05) is 5.38 Å². The fraction of sp³-hybridized carbons (Fsp3) is 0.333. The van der Waals surface area contributed by atoms with Crippen LogP contribution in [0.1, 0.15) is 57.5 Å². The largest absolute Gasteiger partial charge is 0.462 e. The number of esters is 1. The van der Waals surface area contributed by atoms with E-state index in [4.69, 9.17) is 4.74 Å². The molecule has 1 aromatic carbocycles. The summed E-state index contributed by atoms with van der Waals surface area (Å²) in [4.78, 5) is 35.8. The van der Waals surface area contributed by atoms with Crippen molar-refractivity contribution in [2.24, 2.45) is 0 Å². The molecule has 7 nitrogen and oxygen atoms in total. The van der Waals surface area contributed by atoms with E-state index in [2.05, 4.69) is 5.32 Å². The van der Waals surface area contributed by atoms with Crippen molar-refractivity contribution < 1.29 is 19.2 Å². The monoisotopic (exact) mass is 374 g/mol. The third-order valence-corrected chi connectivity index (χ3v) is 5.12. The van der Waals surface area contributed by atoms with Gasteiger partial charge in [-0.15, -0.1) is 11.3 Å². The molecule has 0 aliphatic heterocycles. The molecule has 26 heavy (non-hydrogen) atoms. The Morgan fingerprint density at radius 2 is 2.12 bits per heavy atom. The minimum atomic E-state index is -0.616. The maximum Gasteiger partial charge on any atom is 0.341 e. The summed E-state index contributed by atoms with van der Waals surface area (Å²) in [5.41, 5.74) is 1.37. The Labute approximate surface area is 154 Å². The van der Waals surface area contributed by atoms with E-state index in [0.717, 1.165) is 18.4 Å². The SMILES string of the molecule is CCOC(=O)c1c(C2CC2)csc1NC(=O)c1cccc(C)c1[N+](=O)[O-]. The van der Waals surface area contributed by atoms with Gasteiger partial charge in [-0.2, -0.15) is 0 Å². The van der Waals surface area contributed by atoms with Crippen LogP contribution in [0.25, 0.3) is 0 Å². The van der Waals surface area contributed by atoms with Gasteiger partial charge in [0.25, 0.3) is 11.6 Å². The second-order valence-electron chi connectivity index (χ2n) is 6.07. The molecule has 1 N–H and O–H groups in total. The van der Waals surface area contributed by atoms with Gasteiger partial charge in [0.05, 0.1) is 17.1 Å². The lowest BCUT2D eigenvalue weighted by Gasteiger charge is -2.09. The number of nitro benzene ring substituents is 1. The van der Waals surface area contributed by atoms with Gasteiger partial charge in [0.2, 0.25) is 0 Å². The second-order valence-corrected chi connectivity index (χ2v) is 6.95. The first kappa shape index (κ1) is 18.1. The lowest BCUT2D eigenvalue weighted by molar-refractivity contribution is -0.385. The van der Waals surface area contributed by atoms with Crippen molar-refractivity contribution in [3.8, 4) is 0 Å². The van der Waals surface area contributed by atoms with Crippen molar-refractivity contribution >= 4 is 33.9 Å². The smallest absolute Gasteiger partial charge is 0.341 e. The van der Waals surface area contributed by atoms with Crippen LogP contribution >= 0.6 is 11.3 Å². The van der Waals surface area contributed by atoms with Crippen molar-refractivity contribution in [3.63, 3.8) is 0 Å². The quantitative estimate of drug-likeness (QED) is 0.462. The minimum absolute atomic E-state index is 0.0359. The summed E-state index contributed by atoms with van der Waals surface area (Å²) in [7, 11) is 0. The van der Waals surface area contributed by atoms with Crippen molar-refractivity contribution in [1.82, 2.24) is 0 Å². The van der Waals surface area contributed by atoms with E-state index in [0.29, 0.717) is 22.0 Å². The molecule has 1 heterocycles. The summed E-state index contributed by atoms with van der Waals surface area (Å²) in [5, 5.41) is 16.2. The standard InChI is InChI=1S/C18H18N2O5S/c1-3-25-18(22)14-13(11-7-8-11)9-26-17(14)19-16(21)12-6-4-5-10(2)15(12)20(23)24/h4-6,9,11H,3,7-8H2,1-2H3,(H,19,21). The highest BCUT2D eigenvalue weighted by Gasteiger charge is 2.33. The van der Waals surface area contributed by atoms with Crippen LogP contribution in [-0.4, -0.2) is 23.4 Å². The Morgan fingerprint density at radius 3 is 2.73 bits per heavy atom. The van der Waals surface area contributed by atoms with Gasteiger partial charge in [0.15, 0.2) is 0 Å². The Bertz CT molecular complexity index is 886. The van der Waals surface area contributed by atoms with E-state index in [-0.39, 0.29) is 17.9 Å². The van der Waals surface area contributed by atoms with Crippen molar-refractivity contribution in [3.05, 3.63) is 55.9 Å². The number of anilines is 1. The number of para-hydroxylation sites is 1. The van der Waals surface area contributed by atoms with Gasteiger partial charge in [-0.25, -0.2) is 4.79 Å². The first-order chi connectivity index (χ1) is 12.4. The Balaban J connectivity index is 1.95. The van der Waals surface area contributed by atoms with Crippen molar-refractivity contribution in [2.45, 2.75) is 32.6 Å². The molecule has 0 atom stereocenters. The van der Waals surface area contributed by atoms with E-state index < -0.39 is 16.8 Å². The van der Waals surface area contributed by atoms with Gasteiger partial charge < -0.3 is 10.1 Å². The molecular formula is C18H18N2O5S. The summed E-state index contributed by atoms with van der Waals surface area (Å²) in [6.45, 7) is 3.53. The molecule has 136 valence electrons. The van der Waals surface area contributed by atoms with Crippen LogP contribution in [0.15, 0.2) is 23.6 Å².